The van der Waals surface area contributed by atoms with Crippen molar-refractivity contribution in [3.63, 3.8) is 0 Å². The minimum atomic E-state index is -0.948. The molecule has 0 radical (unpaired) electrons. The van der Waals surface area contributed by atoms with Crippen LogP contribution in [0.1, 0.15) is 23.0 Å². The Morgan fingerprint density at radius 3 is 2.56 bits per heavy atom. The molecule has 1 unspecified atom stereocenters. The number of benzene rings is 1. The van der Waals surface area contributed by atoms with Gasteiger partial charge < -0.3 is 15.4 Å². The fourth-order valence-corrected chi connectivity index (χ4v) is 2.63. The second kappa shape index (κ2) is 9.19. The minimum absolute atomic E-state index is 0.0182. The van der Waals surface area contributed by atoms with Gasteiger partial charge in [0.15, 0.2) is 6.10 Å². The van der Waals surface area contributed by atoms with Crippen LogP contribution in [0, 0.1) is 0 Å². The third-order valence-corrected chi connectivity index (χ3v) is 4.27. The summed E-state index contributed by atoms with van der Waals surface area (Å²) in [5, 5.41) is 7.60. The molecule has 0 aliphatic heterocycles. The molecule has 2 amide bonds. The number of halogens is 1. The van der Waals surface area contributed by atoms with E-state index in [9.17, 15) is 14.4 Å². The highest BCUT2D eigenvalue weighted by Gasteiger charge is 2.18. The largest absolute Gasteiger partial charge is 0.452 e. The second-order valence-corrected chi connectivity index (χ2v) is 6.50. The van der Waals surface area contributed by atoms with Gasteiger partial charge in [0.1, 0.15) is 0 Å². The molecule has 0 bridgehead atoms. The van der Waals surface area contributed by atoms with Gasteiger partial charge in [-0.15, -0.1) is 11.3 Å². The maximum absolute atomic E-state index is 12.0. The zero-order valence-corrected chi connectivity index (χ0v) is 15.0. The lowest BCUT2D eigenvalue weighted by Crippen LogP contribution is -2.31. The first kappa shape index (κ1) is 19.0. The summed E-state index contributed by atoms with van der Waals surface area (Å²) in [6, 6.07) is 10.0. The summed E-state index contributed by atoms with van der Waals surface area (Å²) >= 11 is 7.09. The normalized spacial score (nSPS) is 11.4. The van der Waals surface area contributed by atoms with Crippen LogP contribution in [-0.2, 0) is 14.3 Å². The Hall–Kier alpha value is -2.38. The van der Waals surface area contributed by atoms with Crippen LogP contribution in [0.2, 0.25) is 5.02 Å². The van der Waals surface area contributed by atoms with Crippen molar-refractivity contribution < 1.29 is 19.1 Å². The minimum Gasteiger partial charge on any atom is -0.452 e. The van der Waals surface area contributed by atoms with Gasteiger partial charge in [0.25, 0.3) is 11.8 Å². The molecule has 1 aromatic heterocycles. The average molecular weight is 381 g/mol. The number of nitrogens with one attached hydrogen (secondary N) is 2. The number of carbonyl (C=O) groups is 3. The molecule has 2 aromatic rings. The number of carbonyl (C=O) groups excluding carboxylic acids is 3. The van der Waals surface area contributed by atoms with Gasteiger partial charge in [-0.25, -0.2) is 0 Å². The van der Waals surface area contributed by atoms with Crippen LogP contribution >= 0.6 is 22.9 Å². The maximum Gasteiger partial charge on any atom is 0.308 e. The first-order valence-electron chi connectivity index (χ1n) is 7.53. The van der Waals surface area contributed by atoms with Crippen LogP contribution in [0.25, 0.3) is 0 Å². The van der Waals surface area contributed by atoms with Crippen molar-refractivity contribution in [3.05, 3.63) is 51.7 Å². The van der Waals surface area contributed by atoms with Gasteiger partial charge in [0.2, 0.25) is 0 Å². The molecule has 8 heteroatoms. The van der Waals surface area contributed by atoms with Gasteiger partial charge in [0.05, 0.1) is 11.3 Å². The zero-order chi connectivity index (χ0) is 18.2. The van der Waals surface area contributed by atoms with Gasteiger partial charge in [-0.1, -0.05) is 17.7 Å². The van der Waals surface area contributed by atoms with Gasteiger partial charge >= 0.3 is 5.97 Å². The molecule has 1 atom stereocenters. The monoisotopic (exact) mass is 380 g/mol. The van der Waals surface area contributed by atoms with Crippen LogP contribution < -0.4 is 10.6 Å². The molecule has 0 aliphatic carbocycles. The SMILES string of the molecule is CC(OC(=O)CCNC(=O)c1cccs1)C(=O)Nc1ccc(Cl)cc1. The summed E-state index contributed by atoms with van der Waals surface area (Å²) in [6.07, 6.45) is -0.966. The van der Waals surface area contributed by atoms with Crippen molar-refractivity contribution in [2.24, 2.45) is 0 Å². The number of thiophene rings is 1. The number of esters is 1. The molecule has 2 rings (SSSR count). The molecule has 6 nitrogen and oxygen atoms in total. The second-order valence-electron chi connectivity index (χ2n) is 5.11. The number of anilines is 1. The van der Waals surface area contributed by atoms with Crippen LogP contribution in [0.5, 0.6) is 0 Å². The van der Waals surface area contributed by atoms with Crippen LogP contribution in [0.4, 0.5) is 5.69 Å². The number of ether oxygens (including phenoxy) is 1. The molecule has 0 saturated heterocycles. The first-order valence-corrected chi connectivity index (χ1v) is 8.79. The molecule has 0 saturated carbocycles. The molecule has 1 aromatic carbocycles. The number of hydrogen-bond donors (Lipinski definition) is 2. The summed E-state index contributed by atoms with van der Waals surface area (Å²) in [5.74, 6) is -1.25. The Morgan fingerprint density at radius 1 is 1.20 bits per heavy atom. The fourth-order valence-electron chi connectivity index (χ4n) is 1.86. The lowest BCUT2D eigenvalue weighted by molar-refractivity contribution is -0.153. The van der Waals surface area contributed by atoms with E-state index in [2.05, 4.69) is 10.6 Å². The van der Waals surface area contributed by atoms with Gasteiger partial charge in [-0.05, 0) is 42.6 Å². The summed E-state index contributed by atoms with van der Waals surface area (Å²) in [7, 11) is 0. The Balaban J connectivity index is 1.71. The van der Waals surface area contributed by atoms with E-state index in [1.807, 2.05) is 0 Å². The zero-order valence-electron chi connectivity index (χ0n) is 13.5. The third-order valence-electron chi connectivity index (χ3n) is 3.15. The smallest absolute Gasteiger partial charge is 0.308 e. The Morgan fingerprint density at radius 2 is 1.92 bits per heavy atom. The highest BCUT2D eigenvalue weighted by Crippen LogP contribution is 2.14. The van der Waals surface area contributed by atoms with E-state index in [4.69, 9.17) is 16.3 Å². The average Bonchev–Trinajstić information content (AvgIpc) is 3.11. The molecular formula is C17H17ClN2O4S. The summed E-state index contributed by atoms with van der Waals surface area (Å²) in [5.41, 5.74) is 0.556. The lowest BCUT2D eigenvalue weighted by Gasteiger charge is -2.13. The molecule has 25 heavy (non-hydrogen) atoms. The maximum atomic E-state index is 12.0. The quantitative estimate of drug-likeness (QED) is 0.723. The first-order chi connectivity index (χ1) is 12.0. The van der Waals surface area contributed by atoms with Crippen LogP contribution in [0.3, 0.4) is 0 Å². The van der Waals surface area contributed by atoms with Crippen molar-refractivity contribution in [2.75, 3.05) is 11.9 Å². The fraction of sp³-hybridized carbons (Fsp3) is 0.235. The van der Waals surface area contributed by atoms with E-state index < -0.39 is 18.0 Å². The summed E-state index contributed by atoms with van der Waals surface area (Å²) in [6.45, 7) is 1.62. The molecule has 0 spiro atoms. The van der Waals surface area contributed by atoms with Crippen molar-refractivity contribution in [1.29, 1.82) is 0 Å². The van der Waals surface area contributed by atoms with E-state index >= 15 is 0 Å². The standard InChI is InChI=1S/C17H17ClN2O4S/c1-11(16(22)20-13-6-4-12(18)5-7-13)24-15(21)8-9-19-17(23)14-3-2-10-25-14/h2-7,10-11H,8-9H2,1H3,(H,19,23)(H,20,22). The predicted molar refractivity (Wildman–Crippen MR) is 96.9 cm³/mol. The molecule has 0 fully saturated rings. The number of hydrogen-bond acceptors (Lipinski definition) is 5. The van der Waals surface area contributed by atoms with E-state index in [-0.39, 0.29) is 18.9 Å². The Labute approximate surface area is 154 Å². The Bertz CT molecular complexity index is 732. The highest BCUT2D eigenvalue weighted by molar-refractivity contribution is 7.12. The van der Waals surface area contributed by atoms with Crippen LogP contribution in [0.15, 0.2) is 41.8 Å². The summed E-state index contributed by atoms with van der Waals surface area (Å²) in [4.78, 5) is 36.0. The molecule has 1 heterocycles. The molecule has 132 valence electrons. The van der Waals surface area contributed by atoms with Crippen LogP contribution in [-0.4, -0.2) is 30.4 Å². The molecular weight excluding hydrogens is 364 g/mol. The van der Waals surface area contributed by atoms with Crippen molar-refractivity contribution >= 4 is 46.4 Å². The van der Waals surface area contributed by atoms with E-state index in [0.717, 1.165) is 0 Å². The van der Waals surface area contributed by atoms with Crippen molar-refractivity contribution in [2.45, 2.75) is 19.4 Å². The van der Waals surface area contributed by atoms with E-state index in [1.165, 1.54) is 18.3 Å². The van der Waals surface area contributed by atoms with Gasteiger partial charge in [-0.3, -0.25) is 14.4 Å². The topological polar surface area (TPSA) is 84.5 Å². The number of rotatable bonds is 7. The Kier molecular flexibility index (Phi) is 6.97. The van der Waals surface area contributed by atoms with Gasteiger partial charge in [-0.2, -0.15) is 0 Å². The lowest BCUT2D eigenvalue weighted by atomic mass is 10.3. The van der Waals surface area contributed by atoms with E-state index in [1.54, 1.807) is 41.8 Å². The van der Waals surface area contributed by atoms with Crippen molar-refractivity contribution in [1.82, 2.24) is 5.32 Å². The highest BCUT2D eigenvalue weighted by atomic mass is 35.5. The molecule has 2 N–H and O–H groups in total. The van der Waals surface area contributed by atoms with Gasteiger partial charge in [0, 0.05) is 17.3 Å². The summed E-state index contributed by atoms with van der Waals surface area (Å²) < 4.78 is 5.05. The number of amides is 2. The third kappa shape index (κ3) is 6.21. The molecule has 0 aliphatic rings. The predicted octanol–water partition coefficient (Wildman–Crippen LogP) is 3.09. The van der Waals surface area contributed by atoms with E-state index in [0.29, 0.717) is 15.6 Å². The van der Waals surface area contributed by atoms with Crippen molar-refractivity contribution in [3.8, 4) is 0 Å².